The Labute approximate surface area is 316 Å². The summed E-state index contributed by atoms with van der Waals surface area (Å²) < 4.78 is 59.8. The van der Waals surface area contributed by atoms with Gasteiger partial charge in [-0.1, -0.05) is 64.5 Å². The number of carbonyl (C=O) groups excluding carboxylic acids is 2. The molecule has 54 heavy (non-hydrogen) atoms. The third-order valence-corrected chi connectivity index (χ3v) is 12.1. The first kappa shape index (κ1) is 40.2. The Kier molecular flexibility index (Phi) is 12.1. The van der Waals surface area contributed by atoms with Crippen LogP contribution < -0.4 is 0 Å². The zero-order valence-electron chi connectivity index (χ0n) is 32.0. The van der Waals surface area contributed by atoms with E-state index in [1.165, 1.54) is 0 Å². The number of fused-ring (bicyclic) bond motifs is 2. The van der Waals surface area contributed by atoms with Crippen LogP contribution >= 0.6 is 0 Å². The van der Waals surface area contributed by atoms with Crippen molar-refractivity contribution in [2.75, 3.05) is 6.61 Å². The van der Waals surface area contributed by atoms with Crippen molar-refractivity contribution >= 4 is 18.0 Å². The molecule has 12 atom stereocenters. The molecule has 0 amide bonds. The minimum absolute atomic E-state index is 0.0282. The van der Waals surface area contributed by atoms with Crippen molar-refractivity contribution in [3.8, 4) is 0 Å². The van der Waals surface area contributed by atoms with Crippen LogP contribution in [-0.2, 0) is 33.3 Å². The van der Waals surface area contributed by atoms with Crippen molar-refractivity contribution in [2.24, 2.45) is 23.7 Å². The summed E-state index contributed by atoms with van der Waals surface area (Å²) in [4.78, 5) is 27.5. The van der Waals surface area contributed by atoms with Gasteiger partial charge in [-0.2, -0.15) is 0 Å². The molecule has 0 unspecified atom stereocenters. The summed E-state index contributed by atoms with van der Waals surface area (Å²) in [5, 5.41) is 23.9. The van der Waals surface area contributed by atoms with E-state index in [1.54, 1.807) is 25.2 Å². The zero-order valence-corrected chi connectivity index (χ0v) is 32.0. The molecule has 4 aliphatic heterocycles. The predicted molar refractivity (Wildman–Crippen MR) is 197 cm³/mol. The van der Waals surface area contributed by atoms with E-state index in [-0.39, 0.29) is 30.3 Å². The molecule has 4 heterocycles. The Morgan fingerprint density at radius 1 is 1.15 bits per heavy atom. The molecule has 0 saturated carbocycles. The monoisotopic (exact) mass is 752 g/mol. The van der Waals surface area contributed by atoms with Gasteiger partial charge in [0, 0.05) is 36.8 Å². The molecular weight excluding hydrogens is 698 g/mol. The second-order valence-corrected chi connectivity index (χ2v) is 16.0. The molecule has 6 rings (SSSR count). The second kappa shape index (κ2) is 16.3. The van der Waals surface area contributed by atoms with Crippen molar-refractivity contribution in [1.29, 1.82) is 0 Å². The van der Waals surface area contributed by atoms with Crippen LogP contribution in [0.5, 0.6) is 0 Å². The van der Waals surface area contributed by atoms with E-state index in [0.717, 1.165) is 48.8 Å². The van der Waals surface area contributed by atoms with Gasteiger partial charge in [0.15, 0.2) is 11.9 Å². The summed E-state index contributed by atoms with van der Waals surface area (Å²) in [6.45, 7) is 11.9. The van der Waals surface area contributed by atoms with Crippen LogP contribution in [0.4, 0.5) is 8.78 Å². The third-order valence-electron chi connectivity index (χ3n) is 12.1. The molecule has 1 aromatic rings. The summed E-state index contributed by atoms with van der Waals surface area (Å²) in [5.74, 6) is -4.74. The van der Waals surface area contributed by atoms with Crippen LogP contribution in [0.2, 0.25) is 0 Å². The molecule has 0 radical (unpaired) electrons. The fourth-order valence-electron chi connectivity index (χ4n) is 8.65. The number of benzene rings is 1. The normalized spacial score (nSPS) is 40.4. The Hall–Kier alpha value is -3.48. The fourth-order valence-corrected chi connectivity index (χ4v) is 8.65. The number of esters is 2. The summed E-state index contributed by atoms with van der Waals surface area (Å²) in [7, 11) is 0. The highest BCUT2D eigenvalue weighted by Crippen LogP contribution is 2.48. The number of carbonyl (C=O) groups is 2. The lowest BCUT2D eigenvalue weighted by atomic mass is 9.70. The Morgan fingerprint density at radius 3 is 2.69 bits per heavy atom. The molecule has 3 saturated heterocycles. The average Bonchev–Trinajstić information content (AvgIpc) is 3.48. The van der Waals surface area contributed by atoms with Gasteiger partial charge in [0.05, 0.1) is 24.9 Å². The highest BCUT2D eigenvalue weighted by atomic mass is 19.1. The predicted octanol–water partition coefficient (Wildman–Crippen LogP) is 7.07. The summed E-state index contributed by atoms with van der Waals surface area (Å²) in [5.41, 5.74) is -0.497. The van der Waals surface area contributed by atoms with Crippen LogP contribution in [0.15, 0.2) is 71.4 Å². The molecule has 2 N–H and O–H groups in total. The number of hydrogen-bond donors (Lipinski definition) is 2. The van der Waals surface area contributed by atoms with E-state index in [9.17, 15) is 28.6 Å². The van der Waals surface area contributed by atoms with E-state index < -0.39 is 65.3 Å². The van der Waals surface area contributed by atoms with E-state index in [0.29, 0.717) is 48.7 Å². The first-order chi connectivity index (χ1) is 25.6. The maximum absolute atomic E-state index is 14.4. The van der Waals surface area contributed by atoms with Gasteiger partial charge in [0.25, 0.3) is 0 Å². The van der Waals surface area contributed by atoms with Crippen LogP contribution in [-0.4, -0.2) is 76.8 Å². The summed E-state index contributed by atoms with van der Waals surface area (Å²) >= 11 is 0. The van der Waals surface area contributed by atoms with Gasteiger partial charge in [0.2, 0.25) is 0 Å². The zero-order chi connectivity index (χ0) is 38.9. The van der Waals surface area contributed by atoms with Crippen LogP contribution in [0.3, 0.4) is 0 Å². The molecular formula is C43H54F2O9. The molecule has 294 valence electrons. The van der Waals surface area contributed by atoms with Crippen molar-refractivity contribution in [2.45, 2.75) is 128 Å². The van der Waals surface area contributed by atoms with E-state index >= 15 is 0 Å². The molecule has 1 aromatic carbocycles. The van der Waals surface area contributed by atoms with Crippen molar-refractivity contribution in [1.82, 2.24) is 0 Å². The molecule has 3 fully saturated rings. The van der Waals surface area contributed by atoms with Crippen molar-refractivity contribution < 1.29 is 52.3 Å². The van der Waals surface area contributed by atoms with E-state index in [4.69, 9.17) is 23.7 Å². The Balaban J connectivity index is 1.34. The molecule has 5 aliphatic rings. The fraction of sp³-hybridized carbons (Fsp3) is 0.581. The first-order valence-corrected chi connectivity index (χ1v) is 19.3. The van der Waals surface area contributed by atoms with Gasteiger partial charge < -0.3 is 33.9 Å². The second-order valence-electron chi connectivity index (χ2n) is 16.0. The topological polar surface area (TPSA) is 121 Å². The first-order valence-electron chi connectivity index (χ1n) is 19.3. The number of halogens is 2. The Bertz CT molecular complexity index is 1730. The summed E-state index contributed by atoms with van der Waals surface area (Å²) in [6, 6.07) is 2.89. The quantitative estimate of drug-likeness (QED) is 0.185. The van der Waals surface area contributed by atoms with E-state index in [1.807, 2.05) is 26.0 Å². The molecule has 1 aliphatic carbocycles. The van der Waals surface area contributed by atoms with Crippen molar-refractivity contribution in [3.05, 3.63) is 88.6 Å². The molecule has 11 heteroatoms. The highest BCUT2D eigenvalue weighted by molar-refractivity contribution is 5.87. The van der Waals surface area contributed by atoms with Crippen LogP contribution in [0, 0.1) is 35.3 Å². The smallest absolute Gasteiger partial charge is 0.331 e. The third kappa shape index (κ3) is 8.21. The summed E-state index contributed by atoms with van der Waals surface area (Å²) in [6.07, 6.45) is 10.5. The SMILES string of the molecule is CC[C@H](C)[C@H]1O[C@]2(CC[C@@H]1C)C[C@@H]1C[C@@H](C/C=C(\C)[C@@H](O)[C@@H](C)/C=C/C=C3\CO[C@@H]4[C@H](OC(=O)/C=C/c5cc(F)ccc5F)C(C)=C[C@@H](C(=O)O1)[C@]34O)O2. The lowest BCUT2D eigenvalue weighted by Gasteiger charge is -2.51. The number of aliphatic hydroxyl groups excluding tert-OH is 1. The Morgan fingerprint density at radius 2 is 1.93 bits per heavy atom. The number of rotatable bonds is 5. The van der Waals surface area contributed by atoms with Crippen molar-refractivity contribution in [3.63, 3.8) is 0 Å². The van der Waals surface area contributed by atoms with Crippen LogP contribution in [0.25, 0.3) is 6.08 Å². The average molecular weight is 753 g/mol. The van der Waals surface area contributed by atoms with Gasteiger partial charge in [0.1, 0.15) is 35.4 Å². The number of aliphatic hydroxyl groups is 2. The van der Waals surface area contributed by atoms with Gasteiger partial charge in [-0.25, -0.2) is 13.6 Å². The lowest BCUT2D eigenvalue weighted by Crippen LogP contribution is -2.59. The van der Waals surface area contributed by atoms with Gasteiger partial charge in [-0.15, -0.1) is 0 Å². The standard InChI is InChI=1S/C43H54F2O9/c1-7-24(2)38-27(5)17-18-42(54-38)22-33-21-32(53-42)14-11-26(4)37(47)25(3)9-8-10-30-23-50-40-39(28(6)19-34(41(48)51-33)43(30,40)49)52-36(46)16-12-29-20-31(44)13-15-35(29)45/h8-13,15-16,19-20,24-25,27,32-34,37-40,47,49H,7,14,17-18,21-23H2,1-6H3/b9-8+,16-12+,26-11+,30-10+/t24-,25-,27-,32+,33-,34-,37-,38+,39+,40+,42+,43+/m0/s1. The van der Waals surface area contributed by atoms with Gasteiger partial charge in [-0.05, 0) is 79.5 Å². The number of hydrogen-bond acceptors (Lipinski definition) is 9. The maximum Gasteiger partial charge on any atom is 0.331 e. The number of allylic oxidation sites excluding steroid dienone is 2. The largest absolute Gasteiger partial charge is 0.462 e. The molecule has 9 nitrogen and oxygen atoms in total. The maximum atomic E-state index is 14.4. The molecule has 1 spiro atoms. The molecule has 2 bridgehead atoms. The highest BCUT2D eigenvalue weighted by Gasteiger charge is 2.61. The number of ether oxygens (including phenoxy) is 5. The van der Waals surface area contributed by atoms with Gasteiger partial charge in [-0.3, -0.25) is 4.79 Å². The minimum Gasteiger partial charge on any atom is -0.462 e. The van der Waals surface area contributed by atoms with Gasteiger partial charge >= 0.3 is 11.9 Å². The van der Waals surface area contributed by atoms with E-state index in [2.05, 4.69) is 20.8 Å². The van der Waals surface area contributed by atoms with Crippen LogP contribution in [0.1, 0.15) is 85.6 Å². The minimum atomic E-state index is -1.97. The lowest BCUT2D eigenvalue weighted by molar-refractivity contribution is -0.340. The molecule has 0 aromatic heterocycles.